The highest BCUT2D eigenvalue weighted by Gasteiger charge is 2.18. The number of carbonyl (C=O) groups excluding carboxylic acids is 1. The summed E-state index contributed by atoms with van der Waals surface area (Å²) in [5, 5.41) is 10.8. The fourth-order valence-corrected chi connectivity index (χ4v) is 1.92. The predicted molar refractivity (Wildman–Crippen MR) is 67.7 cm³/mol. The molecule has 0 aliphatic carbocycles. The van der Waals surface area contributed by atoms with Crippen LogP contribution in [0.25, 0.3) is 0 Å². The zero-order valence-corrected chi connectivity index (χ0v) is 11.2. The first-order valence-electron chi connectivity index (χ1n) is 5.17. The highest BCUT2D eigenvalue weighted by atomic mass is 79.9. The Bertz CT molecular complexity index is 676. The van der Waals surface area contributed by atoms with Crippen molar-refractivity contribution in [3.63, 3.8) is 0 Å². The van der Waals surface area contributed by atoms with Crippen molar-refractivity contribution in [3.05, 3.63) is 51.9 Å². The van der Waals surface area contributed by atoms with E-state index in [1.807, 2.05) is 0 Å². The molecule has 1 amide bonds. The molecule has 0 saturated heterocycles. The topological polar surface area (TPSA) is 79.5 Å². The Morgan fingerprint density at radius 1 is 1.20 bits per heavy atom. The van der Waals surface area contributed by atoms with Crippen molar-refractivity contribution in [2.24, 2.45) is 0 Å². The first-order valence-corrected chi connectivity index (χ1v) is 5.97. The van der Waals surface area contributed by atoms with Crippen LogP contribution in [0, 0.1) is 11.6 Å². The lowest BCUT2D eigenvalue weighted by molar-refractivity contribution is 0.0660. The minimum atomic E-state index is -1.34. The molecule has 0 atom stereocenters. The van der Waals surface area contributed by atoms with E-state index in [0.717, 1.165) is 18.2 Å². The summed E-state index contributed by atoms with van der Waals surface area (Å²) < 4.78 is 31.2. The van der Waals surface area contributed by atoms with Crippen LogP contribution in [0.15, 0.2) is 33.2 Å². The lowest BCUT2D eigenvalue weighted by atomic mass is 10.3. The summed E-state index contributed by atoms with van der Waals surface area (Å²) in [7, 11) is 0. The van der Waals surface area contributed by atoms with E-state index in [-0.39, 0.29) is 15.9 Å². The molecule has 0 spiro atoms. The molecule has 2 N–H and O–H groups in total. The third-order valence-electron chi connectivity index (χ3n) is 2.29. The molecule has 5 nitrogen and oxygen atoms in total. The first-order chi connectivity index (χ1) is 9.38. The van der Waals surface area contributed by atoms with Crippen LogP contribution in [-0.2, 0) is 0 Å². The van der Waals surface area contributed by atoms with Crippen molar-refractivity contribution in [1.29, 1.82) is 0 Å². The van der Waals surface area contributed by atoms with Crippen LogP contribution >= 0.6 is 15.9 Å². The fraction of sp³-hybridized carbons (Fsp3) is 0. The third-order valence-corrected chi connectivity index (χ3v) is 2.91. The Hall–Kier alpha value is -2.22. The third kappa shape index (κ3) is 2.85. The molecule has 104 valence electrons. The molecule has 1 aromatic heterocycles. The quantitative estimate of drug-likeness (QED) is 0.894. The molecule has 0 unspecified atom stereocenters. The van der Waals surface area contributed by atoms with Gasteiger partial charge >= 0.3 is 5.97 Å². The van der Waals surface area contributed by atoms with Gasteiger partial charge in [-0.3, -0.25) is 4.79 Å². The molecule has 2 rings (SSSR count). The molecule has 0 fully saturated rings. The van der Waals surface area contributed by atoms with Gasteiger partial charge in [0.25, 0.3) is 5.91 Å². The van der Waals surface area contributed by atoms with E-state index in [0.29, 0.717) is 6.07 Å². The molecule has 1 heterocycles. The van der Waals surface area contributed by atoms with Gasteiger partial charge in [0.2, 0.25) is 5.76 Å². The molecule has 2 aromatic rings. The minimum Gasteiger partial charge on any atom is -0.475 e. The second-order valence-corrected chi connectivity index (χ2v) is 4.52. The van der Waals surface area contributed by atoms with E-state index in [9.17, 15) is 18.4 Å². The number of halogens is 3. The zero-order chi connectivity index (χ0) is 14.9. The van der Waals surface area contributed by atoms with E-state index in [1.165, 1.54) is 0 Å². The van der Waals surface area contributed by atoms with Gasteiger partial charge in [0, 0.05) is 10.5 Å². The van der Waals surface area contributed by atoms with E-state index in [1.54, 1.807) is 0 Å². The number of furan rings is 1. The Morgan fingerprint density at radius 2 is 1.85 bits per heavy atom. The van der Waals surface area contributed by atoms with E-state index in [2.05, 4.69) is 21.2 Å². The number of benzene rings is 1. The summed E-state index contributed by atoms with van der Waals surface area (Å²) in [5.41, 5.74) is -0.273. The van der Waals surface area contributed by atoms with Gasteiger partial charge in [-0.15, -0.1) is 0 Å². The van der Waals surface area contributed by atoms with Crippen LogP contribution in [0.3, 0.4) is 0 Å². The highest BCUT2D eigenvalue weighted by Crippen LogP contribution is 2.27. The summed E-state index contributed by atoms with van der Waals surface area (Å²) in [6.07, 6.45) is 0. The summed E-state index contributed by atoms with van der Waals surface area (Å²) in [6.45, 7) is 0. The Balaban J connectivity index is 2.25. The number of anilines is 1. The van der Waals surface area contributed by atoms with Crippen LogP contribution in [0.5, 0.6) is 0 Å². The maximum atomic E-state index is 13.5. The van der Waals surface area contributed by atoms with Gasteiger partial charge in [0.1, 0.15) is 5.82 Å². The number of nitrogens with one attached hydrogen (secondary N) is 1. The molecule has 8 heteroatoms. The molecule has 0 saturated carbocycles. The summed E-state index contributed by atoms with van der Waals surface area (Å²) in [4.78, 5) is 22.4. The minimum absolute atomic E-state index is 0.00774. The highest BCUT2D eigenvalue weighted by molar-refractivity contribution is 9.10. The Morgan fingerprint density at radius 3 is 2.40 bits per heavy atom. The lowest BCUT2D eigenvalue weighted by Gasteiger charge is -2.07. The van der Waals surface area contributed by atoms with Gasteiger partial charge in [0.05, 0.1) is 5.69 Å². The van der Waals surface area contributed by atoms with E-state index < -0.39 is 29.3 Å². The molecule has 0 aliphatic heterocycles. The lowest BCUT2D eigenvalue weighted by Crippen LogP contribution is -2.13. The van der Waals surface area contributed by atoms with E-state index >= 15 is 0 Å². The predicted octanol–water partition coefficient (Wildman–Crippen LogP) is 3.27. The van der Waals surface area contributed by atoms with Gasteiger partial charge in [-0.1, -0.05) is 0 Å². The largest absolute Gasteiger partial charge is 0.475 e. The van der Waals surface area contributed by atoms with Crippen LogP contribution < -0.4 is 5.32 Å². The molecular formula is C12H6BrF2NO4. The van der Waals surface area contributed by atoms with E-state index in [4.69, 9.17) is 9.52 Å². The number of hydrogen-bond acceptors (Lipinski definition) is 3. The number of carboxylic acids is 1. The molecule has 0 radical (unpaired) electrons. The first kappa shape index (κ1) is 14.2. The second-order valence-electron chi connectivity index (χ2n) is 3.67. The van der Waals surface area contributed by atoms with Crippen molar-refractivity contribution in [2.45, 2.75) is 0 Å². The van der Waals surface area contributed by atoms with Gasteiger partial charge in [-0.05, 0) is 34.1 Å². The van der Waals surface area contributed by atoms with Crippen molar-refractivity contribution >= 4 is 33.5 Å². The van der Waals surface area contributed by atoms with Gasteiger partial charge in [-0.25, -0.2) is 13.6 Å². The maximum Gasteiger partial charge on any atom is 0.371 e. The van der Waals surface area contributed by atoms with Crippen molar-refractivity contribution in [3.8, 4) is 0 Å². The average Bonchev–Trinajstić information content (AvgIpc) is 2.83. The molecule has 0 bridgehead atoms. The summed E-state index contributed by atoms with van der Waals surface area (Å²) >= 11 is 2.91. The van der Waals surface area contributed by atoms with Crippen LogP contribution in [-0.4, -0.2) is 17.0 Å². The Labute approximate surface area is 119 Å². The number of aromatic carboxylic acids is 1. The zero-order valence-electron chi connectivity index (χ0n) is 9.62. The maximum absolute atomic E-state index is 13.5. The number of hydrogen-bond donors (Lipinski definition) is 2. The Kier molecular flexibility index (Phi) is 3.84. The normalized spacial score (nSPS) is 10.3. The van der Waals surface area contributed by atoms with Gasteiger partial charge in [-0.2, -0.15) is 0 Å². The van der Waals surface area contributed by atoms with Gasteiger partial charge in [0.15, 0.2) is 11.6 Å². The molecule has 0 aliphatic rings. The van der Waals surface area contributed by atoms with Crippen molar-refractivity contribution in [2.75, 3.05) is 5.32 Å². The van der Waals surface area contributed by atoms with Crippen LogP contribution in [0.1, 0.15) is 21.1 Å². The standard InChI is InChI=1S/C12H6BrF2NO4/c13-6-3-5(14)4-7(15)10(6)16-11(17)8-1-2-9(20-8)12(18)19/h1-4H,(H,16,17)(H,18,19). The van der Waals surface area contributed by atoms with Crippen LogP contribution in [0.2, 0.25) is 0 Å². The summed E-state index contributed by atoms with van der Waals surface area (Å²) in [6, 6.07) is 3.80. The summed E-state index contributed by atoms with van der Waals surface area (Å²) in [5.74, 6) is -4.71. The molecule has 20 heavy (non-hydrogen) atoms. The van der Waals surface area contributed by atoms with Crippen LogP contribution in [0.4, 0.5) is 14.5 Å². The second kappa shape index (κ2) is 5.41. The average molecular weight is 346 g/mol. The fourth-order valence-electron chi connectivity index (χ4n) is 1.41. The van der Waals surface area contributed by atoms with Crippen molar-refractivity contribution in [1.82, 2.24) is 0 Å². The molecular weight excluding hydrogens is 340 g/mol. The number of rotatable bonds is 3. The number of carboxylic acid groups (broad SMARTS) is 1. The number of carbonyl (C=O) groups is 2. The smallest absolute Gasteiger partial charge is 0.371 e. The number of amides is 1. The monoisotopic (exact) mass is 345 g/mol. The SMILES string of the molecule is O=C(O)c1ccc(C(=O)Nc2c(F)cc(F)cc2Br)o1. The van der Waals surface area contributed by atoms with Gasteiger partial charge < -0.3 is 14.8 Å². The van der Waals surface area contributed by atoms with Crippen molar-refractivity contribution < 1.29 is 27.9 Å². The molecule has 1 aromatic carbocycles.